The van der Waals surface area contributed by atoms with E-state index in [0.29, 0.717) is 0 Å². The van der Waals surface area contributed by atoms with Crippen molar-refractivity contribution >= 4 is 15.9 Å². The summed E-state index contributed by atoms with van der Waals surface area (Å²) in [6.07, 6.45) is 2.19. The van der Waals surface area contributed by atoms with Crippen molar-refractivity contribution < 1.29 is 14.8 Å². The Morgan fingerprint density at radius 3 is 2.56 bits per heavy atom. The molecule has 0 unspecified atom stereocenters. The summed E-state index contributed by atoms with van der Waals surface area (Å²) in [5, 5.41) is 2.32. The van der Waals surface area contributed by atoms with Gasteiger partial charge in [0.25, 0.3) is 0 Å². The van der Waals surface area contributed by atoms with Crippen LogP contribution in [0.5, 0.6) is 5.75 Å². The van der Waals surface area contributed by atoms with Crippen molar-refractivity contribution in [3.63, 3.8) is 0 Å². The Morgan fingerprint density at radius 1 is 1.17 bits per heavy atom. The van der Waals surface area contributed by atoms with Crippen LogP contribution >= 0.6 is 15.9 Å². The number of nitrogens with two attached hydrogens (primary N) is 1. The van der Waals surface area contributed by atoms with E-state index in [1.807, 2.05) is 12.1 Å². The van der Waals surface area contributed by atoms with Crippen molar-refractivity contribution in [1.29, 1.82) is 0 Å². The van der Waals surface area contributed by atoms with Crippen LogP contribution < -0.4 is 10.1 Å². The van der Waals surface area contributed by atoms with E-state index in [9.17, 15) is 0 Å². The standard InChI is InChI=1S/C14H22BrNO2/c1-12-11-13(15)5-6-14(12)18-10-4-8-16-7-3-9-17-2/h5-6,11,16H,3-4,7-10H2,1-2H3/p+1. The van der Waals surface area contributed by atoms with Crippen molar-refractivity contribution in [3.05, 3.63) is 28.2 Å². The lowest BCUT2D eigenvalue weighted by molar-refractivity contribution is -0.655. The van der Waals surface area contributed by atoms with Gasteiger partial charge in [-0.25, -0.2) is 0 Å². The van der Waals surface area contributed by atoms with Gasteiger partial charge in [-0.15, -0.1) is 0 Å². The van der Waals surface area contributed by atoms with E-state index in [-0.39, 0.29) is 0 Å². The summed E-state index contributed by atoms with van der Waals surface area (Å²) in [6, 6.07) is 6.10. The van der Waals surface area contributed by atoms with E-state index in [2.05, 4.69) is 34.2 Å². The van der Waals surface area contributed by atoms with Crippen molar-refractivity contribution in [2.45, 2.75) is 19.8 Å². The van der Waals surface area contributed by atoms with E-state index >= 15 is 0 Å². The zero-order valence-corrected chi connectivity index (χ0v) is 12.8. The van der Waals surface area contributed by atoms with Crippen LogP contribution in [0.15, 0.2) is 22.7 Å². The molecule has 0 fully saturated rings. The highest BCUT2D eigenvalue weighted by molar-refractivity contribution is 9.10. The third kappa shape index (κ3) is 6.38. The van der Waals surface area contributed by atoms with Crippen molar-refractivity contribution in [2.75, 3.05) is 33.4 Å². The van der Waals surface area contributed by atoms with Gasteiger partial charge in [0.2, 0.25) is 0 Å². The fourth-order valence-corrected chi connectivity index (χ4v) is 2.18. The highest BCUT2D eigenvalue weighted by Gasteiger charge is 2.00. The van der Waals surface area contributed by atoms with E-state index in [4.69, 9.17) is 9.47 Å². The van der Waals surface area contributed by atoms with Crippen molar-refractivity contribution in [1.82, 2.24) is 0 Å². The van der Waals surface area contributed by atoms with Gasteiger partial charge in [0.15, 0.2) is 0 Å². The van der Waals surface area contributed by atoms with E-state index in [1.165, 1.54) is 5.56 Å². The number of aryl methyl sites for hydroxylation is 1. The molecule has 18 heavy (non-hydrogen) atoms. The number of ether oxygens (including phenoxy) is 2. The second-order valence-electron chi connectivity index (χ2n) is 4.32. The lowest BCUT2D eigenvalue weighted by atomic mass is 10.2. The van der Waals surface area contributed by atoms with Crippen LogP contribution in [0, 0.1) is 6.92 Å². The molecule has 1 rings (SSSR count). The summed E-state index contributed by atoms with van der Waals surface area (Å²) in [6.45, 7) is 5.94. The molecule has 1 aromatic rings. The highest BCUT2D eigenvalue weighted by Crippen LogP contribution is 2.21. The van der Waals surface area contributed by atoms with Crippen LogP contribution in [-0.4, -0.2) is 33.4 Å². The van der Waals surface area contributed by atoms with E-state index in [0.717, 1.165) is 49.4 Å². The molecule has 2 N–H and O–H groups in total. The molecular formula is C14H23BrNO2+. The molecule has 0 atom stereocenters. The minimum Gasteiger partial charge on any atom is -0.493 e. The maximum absolute atomic E-state index is 5.75. The second-order valence-corrected chi connectivity index (χ2v) is 5.24. The van der Waals surface area contributed by atoms with Crippen LogP contribution in [0.1, 0.15) is 18.4 Å². The van der Waals surface area contributed by atoms with Gasteiger partial charge in [0.1, 0.15) is 5.75 Å². The fourth-order valence-electron chi connectivity index (χ4n) is 1.70. The van der Waals surface area contributed by atoms with Gasteiger partial charge in [-0.1, -0.05) is 15.9 Å². The highest BCUT2D eigenvalue weighted by atomic mass is 79.9. The van der Waals surface area contributed by atoms with Crippen LogP contribution in [0.25, 0.3) is 0 Å². The van der Waals surface area contributed by atoms with Gasteiger partial charge >= 0.3 is 0 Å². The summed E-state index contributed by atoms with van der Waals surface area (Å²) in [5.74, 6) is 0.984. The molecule has 0 saturated carbocycles. The number of rotatable bonds is 9. The number of halogens is 1. The topological polar surface area (TPSA) is 35.1 Å². The third-order valence-electron chi connectivity index (χ3n) is 2.70. The van der Waals surface area contributed by atoms with Gasteiger partial charge in [0.05, 0.1) is 26.3 Å². The summed E-state index contributed by atoms with van der Waals surface area (Å²) in [5.41, 5.74) is 1.17. The molecule has 102 valence electrons. The first-order chi connectivity index (χ1) is 8.74. The van der Waals surface area contributed by atoms with Gasteiger partial charge in [0, 0.05) is 24.4 Å². The minimum atomic E-state index is 0.781. The molecule has 0 aliphatic heterocycles. The molecule has 0 radical (unpaired) electrons. The Bertz CT molecular complexity index is 345. The molecule has 0 heterocycles. The molecule has 0 saturated heterocycles. The van der Waals surface area contributed by atoms with Crippen LogP contribution in [-0.2, 0) is 4.74 Å². The Labute approximate surface area is 118 Å². The van der Waals surface area contributed by atoms with Crippen LogP contribution in [0.4, 0.5) is 0 Å². The largest absolute Gasteiger partial charge is 0.493 e. The number of benzene rings is 1. The Morgan fingerprint density at radius 2 is 1.89 bits per heavy atom. The summed E-state index contributed by atoms with van der Waals surface area (Å²) in [7, 11) is 1.74. The molecule has 0 spiro atoms. The molecule has 0 bridgehead atoms. The predicted octanol–water partition coefficient (Wildman–Crippen LogP) is 2.13. The lowest BCUT2D eigenvalue weighted by Gasteiger charge is -2.09. The average molecular weight is 317 g/mol. The monoisotopic (exact) mass is 316 g/mol. The molecular weight excluding hydrogens is 294 g/mol. The zero-order chi connectivity index (χ0) is 13.2. The van der Waals surface area contributed by atoms with E-state index < -0.39 is 0 Å². The lowest BCUT2D eigenvalue weighted by Crippen LogP contribution is -2.84. The first-order valence-corrected chi connectivity index (χ1v) is 7.23. The Balaban J connectivity index is 2.07. The normalized spacial score (nSPS) is 10.6. The SMILES string of the molecule is COCCC[NH2+]CCCOc1ccc(Br)cc1C. The second kappa shape index (κ2) is 9.36. The molecule has 3 nitrogen and oxygen atoms in total. The summed E-state index contributed by atoms with van der Waals surface area (Å²) < 4.78 is 11.9. The van der Waals surface area contributed by atoms with Crippen LogP contribution in [0.3, 0.4) is 0 Å². The number of quaternary nitrogens is 1. The summed E-state index contributed by atoms with van der Waals surface area (Å²) in [4.78, 5) is 0. The Kier molecular flexibility index (Phi) is 8.05. The van der Waals surface area contributed by atoms with Crippen LogP contribution in [0.2, 0.25) is 0 Å². The first-order valence-electron chi connectivity index (χ1n) is 6.43. The van der Waals surface area contributed by atoms with Gasteiger partial charge in [-0.05, 0) is 30.7 Å². The fraction of sp³-hybridized carbons (Fsp3) is 0.571. The predicted molar refractivity (Wildman–Crippen MR) is 77.1 cm³/mol. The molecule has 0 aliphatic carbocycles. The van der Waals surface area contributed by atoms with Gasteiger partial charge < -0.3 is 14.8 Å². The van der Waals surface area contributed by atoms with Crippen molar-refractivity contribution in [3.8, 4) is 5.75 Å². The molecule has 1 aromatic carbocycles. The maximum Gasteiger partial charge on any atom is 0.122 e. The number of hydrogen-bond donors (Lipinski definition) is 1. The number of hydrogen-bond acceptors (Lipinski definition) is 2. The molecule has 0 amide bonds. The van der Waals surface area contributed by atoms with Crippen molar-refractivity contribution in [2.24, 2.45) is 0 Å². The number of methoxy groups -OCH3 is 1. The third-order valence-corrected chi connectivity index (χ3v) is 3.20. The molecule has 4 heteroatoms. The first kappa shape index (κ1) is 15.5. The zero-order valence-electron chi connectivity index (χ0n) is 11.2. The maximum atomic E-state index is 5.75. The molecule has 0 aliphatic rings. The van der Waals surface area contributed by atoms with Gasteiger partial charge in [-0.3, -0.25) is 0 Å². The Hall–Kier alpha value is -0.580. The van der Waals surface area contributed by atoms with E-state index in [1.54, 1.807) is 7.11 Å². The van der Waals surface area contributed by atoms with Gasteiger partial charge in [-0.2, -0.15) is 0 Å². The minimum absolute atomic E-state index is 0.781. The summed E-state index contributed by atoms with van der Waals surface area (Å²) >= 11 is 3.45. The average Bonchev–Trinajstić information content (AvgIpc) is 2.35. The molecule has 0 aromatic heterocycles. The quantitative estimate of drug-likeness (QED) is 0.708. The smallest absolute Gasteiger partial charge is 0.122 e.